The minimum Gasteiger partial charge on any atom is -0.496 e. The first-order valence-corrected chi connectivity index (χ1v) is 10.2. The van der Waals surface area contributed by atoms with Crippen molar-refractivity contribution in [2.24, 2.45) is 0 Å². The van der Waals surface area contributed by atoms with Gasteiger partial charge < -0.3 is 14.2 Å². The van der Waals surface area contributed by atoms with Crippen LogP contribution in [0.4, 0.5) is 5.95 Å². The molecule has 0 bridgehead atoms. The molecule has 0 spiro atoms. The highest BCUT2D eigenvalue weighted by atomic mass is 16.5. The molecule has 0 aliphatic carbocycles. The molecule has 0 N–H and O–H groups in total. The van der Waals surface area contributed by atoms with Crippen molar-refractivity contribution < 1.29 is 9.26 Å². The van der Waals surface area contributed by atoms with Gasteiger partial charge in [0.05, 0.1) is 13.7 Å². The fourth-order valence-electron chi connectivity index (χ4n) is 3.65. The van der Waals surface area contributed by atoms with Gasteiger partial charge >= 0.3 is 0 Å². The average Bonchev–Trinajstić information content (AvgIpc) is 3.27. The molecule has 30 heavy (non-hydrogen) atoms. The number of para-hydroxylation sites is 1. The number of piperazine rings is 1. The number of ether oxygens (including phenoxy) is 1. The van der Waals surface area contributed by atoms with Crippen molar-refractivity contribution in [3.63, 3.8) is 0 Å². The average molecular weight is 409 g/mol. The molecule has 158 valence electrons. The third kappa shape index (κ3) is 4.95. The summed E-state index contributed by atoms with van der Waals surface area (Å²) in [5.74, 6) is 2.47. The highest BCUT2D eigenvalue weighted by Gasteiger charge is 2.19. The largest absolute Gasteiger partial charge is 0.496 e. The van der Waals surface area contributed by atoms with Gasteiger partial charge in [0.15, 0.2) is 5.76 Å². The number of nitrogens with zero attached hydrogens (tertiary/aromatic N) is 6. The summed E-state index contributed by atoms with van der Waals surface area (Å²) in [5.41, 5.74) is 1.74. The van der Waals surface area contributed by atoms with E-state index < -0.39 is 0 Å². The number of rotatable bonds is 8. The van der Waals surface area contributed by atoms with Crippen molar-refractivity contribution in [2.75, 3.05) is 58.3 Å². The predicted molar refractivity (Wildman–Crippen MR) is 116 cm³/mol. The number of hydrogen-bond acceptors (Lipinski definition) is 8. The Morgan fingerprint density at radius 2 is 1.83 bits per heavy atom. The summed E-state index contributed by atoms with van der Waals surface area (Å²) in [7, 11) is 3.78. The monoisotopic (exact) mass is 408 g/mol. The molecule has 8 heteroatoms. The van der Waals surface area contributed by atoms with Crippen LogP contribution in [0.15, 0.2) is 53.3 Å². The van der Waals surface area contributed by atoms with E-state index in [0.717, 1.165) is 74.5 Å². The van der Waals surface area contributed by atoms with Crippen LogP contribution in [0.2, 0.25) is 0 Å². The van der Waals surface area contributed by atoms with Crippen molar-refractivity contribution in [3.8, 4) is 17.0 Å². The third-order valence-electron chi connectivity index (χ3n) is 5.37. The zero-order valence-electron chi connectivity index (χ0n) is 17.6. The molecule has 0 radical (unpaired) electrons. The van der Waals surface area contributed by atoms with Gasteiger partial charge in [0.1, 0.15) is 11.4 Å². The zero-order valence-corrected chi connectivity index (χ0v) is 17.6. The molecule has 2 aromatic heterocycles. The van der Waals surface area contributed by atoms with Crippen LogP contribution in [0.25, 0.3) is 11.3 Å². The van der Waals surface area contributed by atoms with Gasteiger partial charge in [-0.3, -0.25) is 9.80 Å². The molecule has 0 atom stereocenters. The van der Waals surface area contributed by atoms with E-state index >= 15 is 0 Å². The lowest BCUT2D eigenvalue weighted by atomic mass is 10.1. The van der Waals surface area contributed by atoms with Crippen LogP contribution < -0.4 is 9.64 Å². The Kier molecular flexibility index (Phi) is 6.56. The van der Waals surface area contributed by atoms with Crippen LogP contribution in [0.5, 0.6) is 5.75 Å². The second-order valence-electron chi connectivity index (χ2n) is 7.49. The summed E-state index contributed by atoms with van der Waals surface area (Å²) < 4.78 is 11.0. The van der Waals surface area contributed by atoms with E-state index in [1.54, 1.807) is 19.5 Å². The fraction of sp³-hybridized carbons (Fsp3) is 0.409. The summed E-state index contributed by atoms with van der Waals surface area (Å²) in [5, 5.41) is 4.23. The number of likely N-dealkylation sites (N-methyl/N-ethyl adjacent to an activating group) is 1. The van der Waals surface area contributed by atoms with Crippen LogP contribution in [-0.4, -0.2) is 78.4 Å². The first-order valence-electron chi connectivity index (χ1n) is 10.2. The first-order chi connectivity index (χ1) is 14.7. The second kappa shape index (κ2) is 9.69. The summed E-state index contributed by atoms with van der Waals surface area (Å²) >= 11 is 0. The van der Waals surface area contributed by atoms with Gasteiger partial charge in [-0.2, -0.15) is 0 Å². The molecule has 1 aliphatic rings. The molecule has 4 rings (SSSR count). The second-order valence-corrected chi connectivity index (χ2v) is 7.49. The van der Waals surface area contributed by atoms with Crippen molar-refractivity contribution in [3.05, 3.63) is 54.6 Å². The van der Waals surface area contributed by atoms with Gasteiger partial charge in [0.25, 0.3) is 0 Å². The minimum atomic E-state index is 0.722. The molecule has 0 unspecified atom stereocenters. The van der Waals surface area contributed by atoms with Crippen LogP contribution in [0.1, 0.15) is 5.76 Å². The molecule has 1 aliphatic heterocycles. The molecule has 1 aromatic carbocycles. The Morgan fingerprint density at radius 1 is 1.07 bits per heavy atom. The molecule has 0 amide bonds. The summed E-state index contributed by atoms with van der Waals surface area (Å²) in [6.45, 7) is 6.66. The topological polar surface area (TPSA) is 70.8 Å². The van der Waals surface area contributed by atoms with Gasteiger partial charge in [0, 0.05) is 63.3 Å². The van der Waals surface area contributed by atoms with Gasteiger partial charge in [-0.1, -0.05) is 17.3 Å². The van der Waals surface area contributed by atoms with Crippen LogP contribution in [0.3, 0.4) is 0 Å². The van der Waals surface area contributed by atoms with Gasteiger partial charge in [-0.25, -0.2) is 9.97 Å². The number of anilines is 1. The highest BCUT2D eigenvalue weighted by molar-refractivity contribution is 5.66. The van der Waals surface area contributed by atoms with E-state index in [0.29, 0.717) is 0 Å². The molecule has 8 nitrogen and oxygen atoms in total. The SMILES string of the molecule is COc1ccccc1-c1cc(CN(C)CCN2CCN(c3ncccn3)CC2)on1. The number of aromatic nitrogens is 3. The first kappa shape index (κ1) is 20.3. The zero-order chi connectivity index (χ0) is 20.8. The molecule has 1 saturated heterocycles. The molecule has 0 saturated carbocycles. The Balaban J connectivity index is 1.24. The number of hydrogen-bond donors (Lipinski definition) is 0. The van der Waals surface area contributed by atoms with Gasteiger partial charge in [-0.05, 0) is 25.2 Å². The summed E-state index contributed by atoms with van der Waals surface area (Å²) in [6.07, 6.45) is 3.60. The van der Waals surface area contributed by atoms with E-state index in [1.807, 2.05) is 36.4 Å². The quantitative estimate of drug-likeness (QED) is 0.563. The Hall–Kier alpha value is -2.97. The standard InChI is InChI=1S/C22H28N6O2/c1-26(10-11-27-12-14-28(15-13-27)22-23-8-5-9-24-22)17-18-16-20(25-30-18)19-6-3-4-7-21(19)29-2/h3-9,16H,10-15,17H2,1-2H3. The maximum atomic E-state index is 5.56. The number of methoxy groups -OCH3 is 1. The summed E-state index contributed by atoms with van der Waals surface area (Å²) in [4.78, 5) is 15.7. The van der Waals surface area contributed by atoms with E-state index in [1.165, 1.54) is 0 Å². The van der Waals surface area contributed by atoms with Crippen LogP contribution in [0, 0.1) is 0 Å². The maximum Gasteiger partial charge on any atom is 0.225 e. The van der Waals surface area contributed by atoms with Crippen molar-refractivity contribution in [1.82, 2.24) is 24.9 Å². The van der Waals surface area contributed by atoms with E-state index in [9.17, 15) is 0 Å². The highest BCUT2D eigenvalue weighted by Crippen LogP contribution is 2.29. The lowest BCUT2D eigenvalue weighted by Gasteiger charge is -2.35. The van der Waals surface area contributed by atoms with Crippen molar-refractivity contribution in [1.29, 1.82) is 0 Å². The van der Waals surface area contributed by atoms with Gasteiger partial charge in [-0.15, -0.1) is 0 Å². The lowest BCUT2D eigenvalue weighted by molar-refractivity contribution is 0.201. The van der Waals surface area contributed by atoms with Crippen molar-refractivity contribution in [2.45, 2.75) is 6.54 Å². The number of benzene rings is 1. The van der Waals surface area contributed by atoms with E-state index in [4.69, 9.17) is 9.26 Å². The minimum absolute atomic E-state index is 0.722. The predicted octanol–water partition coefficient (Wildman–Crippen LogP) is 2.39. The Morgan fingerprint density at radius 3 is 2.60 bits per heavy atom. The Bertz CT molecular complexity index is 924. The molecular formula is C22H28N6O2. The third-order valence-corrected chi connectivity index (χ3v) is 5.37. The fourth-order valence-corrected chi connectivity index (χ4v) is 3.65. The normalized spacial score (nSPS) is 15.0. The molecule has 1 fully saturated rings. The summed E-state index contributed by atoms with van der Waals surface area (Å²) in [6, 6.07) is 11.7. The van der Waals surface area contributed by atoms with E-state index in [2.05, 4.69) is 36.9 Å². The van der Waals surface area contributed by atoms with E-state index in [-0.39, 0.29) is 0 Å². The molecular weight excluding hydrogens is 380 g/mol. The molecule has 3 heterocycles. The Labute approximate surface area is 177 Å². The van der Waals surface area contributed by atoms with Crippen molar-refractivity contribution >= 4 is 5.95 Å². The maximum absolute atomic E-state index is 5.56. The lowest BCUT2D eigenvalue weighted by Crippen LogP contribution is -2.48. The molecule has 3 aromatic rings. The van der Waals surface area contributed by atoms with Gasteiger partial charge in [0.2, 0.25) is 5.95 Å². The smallest absolute Gasteiger partial charge is 0.225 e. The van der Waals surface area contributed by atoms with Crippen LogP contribution in [-0.2, 0) is 6.54 Å². The van der Waals surface area contributed by atoms with Crippen LogP contribution >= 0.6 is 0 Å².